The van der Waals surface area contributed by atoms with Crippen molar-refractivity contribution in [2.45, 2.75) is 71.1 Å². The molecule has 0 bridgehead atoms. The summed E-state index contributed by atoms with van der Waals surface area (Å²) < 4.78 is 0. The van der Waals surface area contributed by atoms with Gasteiger partial charge >= 0.3 is 5.97 Å². The maximum atomic E-state index is 12.9. The molecule has 1 heterocycles. The molecule has 0 aliphatic heterocycles. The third-order valence-corrected chi connectivity index (χ3v) is 5.27. The van der Waals surface area contributed by atoms with E-state index in [0.717, 1.165) is 0 Å². The van der Waals surface area contributed by atoms with Gasteiger partial charge in [0.1, 0.15) is 18.1 Å². The van der Waals surface area contributed by atoms with Crippen LogP contribution in [0.1, 0.15) is 46.2 Å². The van der Waals surface area contributed by atoms with E-state index < -0.39 is 54.5 Å². The number of nitrogens with zero attached hydrogens (tertiary/aromatic N) is 1. The molecule has 1 rings (SSSR count). The fraction of sp³-hybridized carbons (Fsp3) is 0.667. The maximum Gasteiger partial charge on any atom is 0.326 e. The molecule has 186 valence electrons. The largest absolute Gasteiger partial charge is 0.480 e. The number of carboxylic acids is 1. The zero-order valence-electron chi connectivity index (χ0n) is 19.5. The normalized spacial score (nSPS) is 15.7. The first kappa shape index (κ1) is 28.0. The summed E-state index contributed by atoms with van der Waals surface area (Å²) in [6.07, 6.45) is 3.76. The summed E-state index contributed by atoms with van der Waals surface area (Å²) >= 11 is 0. The van der Waals surface area contributed by atoms with Crippen LogP contribution >= 0.6 is 0 Å². The summed E-state index contributed by atoms with van der Waals surface area (Å²) in [7, 11) is 0. The third kappa shape index (κ3) is 9.18. The van der Waals surface area contributed by atoms with E-state index in [2.05, 4.69) is 25.9 Å². The molecule has 1 aromatic rings. The van der Waals surface area contributed by atoms with Crippen molar-refractivity contribution in [1.82, 2.24) is 25.9 Å². The number of aromatic nitrogens is 2. The van der Waals surface area contributed by atoms with Crippen LogP contribution in [0.25, 0.3) is 0 Å². The topological polar surface area (TPSA) is 200 Å². The molecule has 0 aliphatic rings. The Hall–Kier alpha value is -2.99. The lowest BCUT2D eigenvalue weighted by Gasteiger charge is -2.26. The Kier molecular flexibility index (Phi) is 11.5. The smallest absolute Gasteiger partial charge is 0.326 e. The molecule has 3 amide bonds. The van der Waals surface area contributed by atoms with Crippen LogP contribution in [0.3, 0.4) is 0 Å². The number of hydrogen-bond donors (Lipinski definition) is 7. The van der Waals surface area contributed by atoms with E-state index in [0.29, 0.717) is 18.5 Å². The van der Waals surface area contributed by atoms with E-state index >= 15 is 0 Å². The van der Waals surface area contributed by atoms with Crippen LogP contribution in [0.5, 0.6) is 0 Å². The summed E-state index contributed by atoms with van der Waals surface area (Å²) in [6.45, 7) is 6.57. The minimum atomic E-state index is -1.34. The van der Waals surface area contributed by atoms with E-state index in [1.807, 2.05) is 13.8 Å². The van der Waals surface area contributed by atoms with Crippen LogP contribution in [-0.4, -0.2) is 74.6 Å². The highest BCUT2D eigenvalue weighted by molar-refractivity contribution is 5.94. The molecule has 12 nitrogen and oxygen atoms in total. The van der Waals surface area contributed by atoms with Gasteiger partial charge < -0.3 is 36.9 Å². The van der Waals surface area contributed by atoms with Crippen molar-refractivity contribution in [1.29, 1.82) is 0 Å². The number of aliphatic hydroxyl groups excluding tert-OH is 1. The lowest BCUT2D eigenvalue weighted by atomic mass is 9.98. The Balaban J connectivity index is 2.97. The molecule has 0 aromatic carbocycles. The lowest BCUT2D eigenvalue weighted by Crippen LogP contribution is -2.59. The van der Waals surface area contributed by atoms with Crippen molar-refractivity contribution in [3.05, 3.63) is 18.2 Å². The number of carboxylic acid groups (broad SMARTS) is 1. The van der Waals surface area contributed by atoms with E-state index in [4.69, 9.17) is 5.73 Å². The lowest BCUT2D eigenvalue weighted by molar-refractivity contribution is -0.143. The fourth-order valence-electron chi connectivity index (χ4n) is 3.12. The number of aliphatic hydroxyl groups is 1. The molecular formula is C21H36N6O6. The Labute approximate surface area is 193 Å². The highest BCUT2D eigenvalue weighted by Crippen LogP contribution is 2.09. The molecule has 0 saturated heterocycles. The minimum Gasteiger partial charge on any atom is -0.480 e. The van der Waals surface area contributed by atoms with E-state index in [1.165, 1.54) is 12.5 Å². The molecule has 0 saturated carbocycles. The van der Waals surface area contributed by atoms with Crippen molar-refractivity contribution in [2.75, 3.05) is 6.61 Å². The molecule has 0 radical (unpaired) electrons. The van der Waals surface area contributed by atoms with Gasteiger partial charge in [0, 0.05) is 18.3 Å². The fourth-order valence-corrected chi connectivity index (χ4v) is 3.12. The monoisotopic (exact) mass is 468 g/mol. The van der Waals surface area contributed by atoms with Gasteiger partial charge in [0.05, 0.1) is 19.0 Å². The minimum absolute atomic E-state index is 0.0105. The molecule has 5 atom stereocenters. The van der Waals surface area contributed by atoms with Gasteiger partial charge in [-0.1, -0.05) is 34.1 Å². The van der Waals surface area contributed by atoms with E-state index in [-0.39, 0.29) is 18.3 Å². The van der Waals surface area contributed by atoms with Crippen LogP contribution in [0.4, 0.5) is 0 Å². The number of carbonyl (C=O) groups excluding carboxylic acids is 3. The number of imidazole rings is 1. The SMILES string of the molecule is CCC(C)C(NC(=O)C(Cc1cnc[nH]1)NC(=O)C(CO)NC(=O)C(N)CC(C)C)C(=O)O. The Morgan fingerprint density at radius 3 is 2.15 bits per heavy atom. The highest BCUT2D eigenvalue weighted by Gasteiger charge is 2.32. The van der Waals surface area contributed by atoms with Gasteiger partial charge in [-0.25, -0.2) is 9.78 Å². The van der Waals surface area contributed by atoms with Gasteiger partial charge in [0.2, 0.25) is 17.7 Å². The number of aromatic amines is 1. The average Bonchev–Trinajstić information content (AvgIpc) is 3.26. The van der Waals surface area contributed by atoms with Gasteiger partial charge in [-0.05, 0) is 18.3 Å². The number of rotatable bonds is 14. The van der Waals surface area contributed by atoms with Gasteiger partial charge in [-0.3, -0.25) is 14.4 Å². The number of nitrogens with one attached hydrogen (secondary N) is 4. The summed E-state index contributed by atoms with van der Waals surface area (Å²) in [5.74, 6) is -3.51. The number of carbonyl (C=O) groups is 4. The number of hydrogen-bond acceptors (Lipinski definition) is 7. The number of amides is 3. The van der Waals surface area contributed by atoms with Crippen molar-refractivity contribution >= 4 is 23.7 Å². The van der Waals surface area contributed by atoms with Crippen LogP contribution in [0.2, 0.25) is 0 Å². The first-order valence-corrected chi connectivity index (χ1v) is 11.0. The quantitative estimate of drug-likeness (QED) is 0.178. The Morgan fingerprint density at radius 1 is 1.06 bits per heavy atom. The summed E-state index contributed by atoms with van der Waals surface area (Å²) in [6, 6.07) is -4.52. The zero-order chi connectivity index (χ0) is 25.1. The van der Waals surface area contributed by atoms with Gasteiger partial charge in [-0.2, -0.15) is 0 Å². The molecule has 12 heteroatoms. The molecule has 5 unspecified atom stereocenters. The molecule has 33 heavy (non-hydrogen) atoms. The van der Waals surface area contributed by atoms with Crippen LogP contribution in [0, 0.1) is 11.8 Å². The zero-order valence-corrected chi connectivity index (χ0v) is 19.5. The second kappa shape index (κ2) is 13.5. The molecular weight excluding hydrogens is 432 g/mol. The van der Waals surface area contributed by atoms with Gasteiger partial charge in [0.15, 0.2) is 0 Å². The van der Waals surface area contributed by atoms with Crippen molar-refractivity contribution in [2.24, 2.45) is 17.6 Å². The highest BCUT2D eigenvalue weighted by atomic mass is 16.4. The van der Waals surface area contributed by atoms with Crippen LogP contribution < -0.4 is 21.7 Å². The van der Waals surface area contributed by atoms with Gasteiger partial charge in [-0.15, -0.1) is 0 Å². The van der Waals surface area contributed by atoms with Crippen molar-refractivity contribution in [3.63, 3.8) is 0 Å². The Morgan fingerprint density at radius 2 is 1.67 bits per heavy atom. The Bertz CT molecular complexity index is 784. The summed E-state index contributed by atoms with van der Waals surface area (Å²) in [5, 5.41) is 26.4. The first-order chi connectivity index (χ1) is 15.5. The molecule has 0 fully saturated rings. The predicted octanol–water partition coefficient (Wildman–Crippen LogP) is -1.10. The van der Waals surface area contributed by atoms with Crippen molar-refractivity contribution in [3.8, 4) is 0 Å². The second-order valence-corrected chi connectivity index (χ2v) is 8.53. The maximum absolute atomic E-state index is 12.9. The van der Waals surface area contributed by atoms with E-state index in [9.17, 15) is 29.4 Å². The predicted molar refractivity (Wildman–Crippen MR) is 120 cm³/mol. The second-order valence-electron chi connectivity index (χ2n) is 8.53. The summed E-state index contributed by atoms with van der Waals surface area (Å²) in [5.41, 5.74) is 6.35. The number of aliphatic carboxylic acids is 1. The van der Waals surface area contributed by atoms with E-state index in [1.54, 1.807) is 13.8 Å². The third-order valence-electron chi connectivity index (χ3n) is 5.27. The molecule has 8 N–H and O–H groups in total. The summed E-state index contributed by atoms with van der Waals surface area (Å²) in [4.78, 5) is 56.2. The molecule has 0 aliphatic carbocycles. The van der Waals surface area contributed by atoms with Crippen LogP contribution in [0.15, 0.2) is 12.5 Å². The molecule has 0 spiro atoms. The average molecular weight is 469 g/mol. The molecule has 1 aromatic heterocycles. The van der Waals surface area contributed by atoms with Gasteiger partial charge in [0.25, 0.3) is 0 Å². The number of H-pyrrole nitrogens is 1. The van der Waals surface area contributed by atoms with Crippen LogP contribution in [-0.2, 0) is 25.6 Å². The standard InChI is InChI=1S/C21H36N6O6/c1-5-12(4)17(21(32)33)27-19(30)15(7-13-8-23-10-24-13)25-20(31)16(9-28)26-18(29)14(22)6-11(2)3/h8,10-12,14-17,28H,5-7,9,22H2,1-4H3,(H,23,24)(H,25,31)(H,26,29)(H,27,30)(H,32,33). The first-order valence-electron chi connectivity index (χ1n) is 11.0. The number of nitrogens with two attached hydrogens (primary N) is 1. The van der Waals surface area contributed by atoms with Crippen molar-refractivity contribution < 1.29 is 29.4 Å².